The molecule has 2 rings (SSSR count). The third kappa shape index (κ3) is 13.0. The maximum atomic E-state index is 11.0. The number of aliphatic hydroxyl groups excluding tert-OH is 1. The van der Waals surface area contributed by atoms with E-state index in [1.165, 1.54) is 50.2 Å². The number of carboxylic acids is 1. The number of benzene rings is 1. The summed E-state index contributed by atoms with van der Waals surface area (Å²) in [4.78, 5) is 14.1. The van der Waals surface area contributed by atoms with Crippen molar-refractivity contribution in [2.24, 2.45) is 5.92 Å². The van der Waals surface area contributed by atoms with E-state index >= 15 is 0 Å². The number of nitrogens with one attached hydrogen (secondary N) is 1. The molecule has 0 aliphatic heterocycles. The Kier molecular flexibility index (Phi) is 14.3. The number of hydrogen-bond acceptors (Lipinski definition) is 2. The molecule has 1 heterocycles. The Balaban J connectivity index is 1.86. The molecule has 0 fully saturated rings. The van der Waals surface area contributed by atoms with E-state index in [0.717, 1.165) is 37.9 Å². The van der Waals surface area contributed by atoms with Crippen LogP contribution >= 0.6 is 0 Å². The Bertz CT molecular complexity index is 815. The second kappa shape index (κ2) is 17.7. The fourth-order valence-corrected chi connectivity index (χ4v) is 4.09. The summed E-state index contributed by atoms with van der Waals surface area (Å²) in [6.07, 6.45) is 21.6. The summed E-state index contributed by atoms with van der Waals surface area (Å²) in [7, 11) is 0. The fourth-order valence-electron chi connectivity index (χ4n) is 4.09. The molecule has 2 atom stereocenters. The lowest BCUT2D eigenvalue weighted by Crippen LogP contribution is -2.07. The molecule has 1 aromatic carbocycles. The average molecular weight is 466 g/mol. The molecule has 0 aliphatic carbocycles. The quantitative estimate of drug-likeness (QED) is 0.147. The number of aliphatic hydroxyl groups is 1. The molecule has 0 unspecified atom stereocenters. The van der Waals surface area contributed by atoms with E-state index in [4.69, 9.17) is 10.2 Å². The van der Waals surface area contributed by atoms with Gasteiger partial charge in [-0.15, -0.1) is 0 Å². The highest BCUT2D eigenvalue weighted by Gasteiger charge is 2.09. The number of carbonyl (C=O) groups is 1. The van der Waals surface area contributed by atoms with Crippen LogP contribution in [0, 0.1) is 5.92 Å². The molecule has 0 amide bonds. The van der Waals surface area contributed by atoms with Gasteiger partial charge < -0.3 is 20.5 Å². The molecule has 0 saturated heterocycles. The number of rotatable bonds is 19. The Morgan fingerprint density at radius 2 is 1.56 bits per heavy atom. The summed E-state index contributed by atoms with van der Waals surface area (Å²) in [6.45, 7) is 0.309. The van der Waals surface area contributed by atoms with E-state index in [-0.39, 0.29) is 6.04 Å². The number of unbranched alkanes of at least 4 members (excludes halogenated alkanes) is 7. The first-order valence-corrected chi connectivity index (χ1v) is 12.8. The molecule has 0 radical (unpaired) electrons. The Morgan fingerprint density at radius 1 is 0.853 bits per heavy atom. The van der Waals surface area contributed by atoms with E-state index in [1.54, 1.807) is 6.08 Å². The van der Waals surface area contributed by atoms with Crippen LogP contribution in [0.5, 0.6) is 0 Å². The largest absolute Gasteiger partial charge is 0.478 e. The molecule has 0 spiro atoms. The summed E-state index contributed by atoms with van der Waals surface area (Å²) in [5.74, 6) is 0.267. The molecule has 3 N–H and O–H groups in total. The zero-order chi connectivity index (χ0) is 24.3. The maximum Gasteiger partial charge on any atom is 0.327 e. The average Bonchev–Trinajstić information content (AvgIpc) is 3.36. The number of H-pyrrole nitrogens is 1. The number of nitrogens with zero attached hydrogens (tertiary/aromatic N) is 1. The number of hydrogen-bond donors (Lipinski definition) is 3. The van der Waals surface area contributed by atoms with Gasteiger partial charge in [-0.25, -0.2) is 4.79 Å². The van der Waals surface area contributed by atoms with Crippen LogP contribution in [-0.4, -0.2) is 33.8 Å². The van der Waals surface area contributed by atoms with E-state index in [9.17, 15) is 4.79 Å². The van der Waals surface area contributed by atoms with Gasteiger partial charge in [0.15, 0.2) is 0 Å². The predicted molar refractivity (Wildman–Crippen MR) is 141 cm³/mol. The van der Waals surface area contributed by atoms with Crippen LogP contribution in [0.2, 0.25) is 0 Å². The van der Waals surface area contributed by atoms with Crippen molar-refractivity contribution in [1.82, 2.24) is 4.98 Å². The molecule has 34 heavy (non-hydrogen) atoms. The first-order chi connectivity index (χ1) is 16.7. The van der Waals surface area contributed by atoms with Gasteiger partial charge >= 0.3 is 5.97 Å². The lowest BCUT2D eigenvalue weighted by Gasteiger charge is -2.23. The SMILES string of the molecule is O=C(O)/C=C/[C@H](CC[C@H](/C=C/c1ccccc1)CCCCCCCCCCO)[N-]c1ccc[nH]1. The standard InChI is InChI=1S/C29H41N2O3/c32-24-11-6-4-2-1-3-5-8-15-26(18-17-25-13-9-7-10-14-25)19-20-27(21-22-29(33)34)31-28-16-12-23-30-28/h7,9-10,12-14,16-18,21-23,26-27,30,32H,1-6,8,11,15,19-20,24H2,(H,33,34)/q-1/b18-17+,22-21+/t26-,27-/m0/s1. The predicted octanol–water partition coefficient (Wildman–Crippen LogP) is 7.64. The van der Waals surface area contributed by atoms with E-state index in [2.05, 4.69) is 46.7 Å². The lowest BCUT2D eigenvalue weighted by molar-refractivity contribution is -0.131. The van der Waals surface area contributed by atoms with Crippen molar-refractivity contribution in [2.75, 3.05) is 6.61 Å². The van der Waals surface area contributed by atoms with E-state index in [1.807, 2.05) is 24.4 Å². The summed E-state index contributed by atoms with van der Waals surface area (Å²) in [5.41, 5.74) is 1.20. The number of aromatic nitrogens is 1. The van der Waals surface area contributed by atoms with Crippen LogP contribution in [-0.2, 0) is 4.79 Å². The van der Waals surface area contributed by atoms with Crippen molar-refractivity contribution < 1.29 is 15.0 Å². The van der Waals surface area contributed by atoms with Crippen molar-refractivity contribution in [3.05, 3.63) is 77.8 Å². The third-order valence-electron chi connectivity index (χ3n) is 6.02. The number of carboxylic acid groups (broad SMARTS) is 1. The molecule has 5 heteroatoms. The zero-order valence-electron chi connectivity index (χ0n) is 20.3. The summed E-state index contributed by atoms with van der Waals surface area (Å²) in [5, 5.41) is 22.6. The van der Waals surface area contributed by atoms with Gasteiger partial charge in [0.2, 0.25) is 0 Å². The Morgan fingerprint density at radius 3 is 2.21 bits per heavy atom. The summed E-state index contributed by atoms with van der Waals surface area (Å²) >= 11 is 0. The molecule has 2 aromatic rings. The first kappa shape index (κ1) is 27.5. The van der Waals surface area contributed by atoms with Gasteiger partial charge in [0.25, 0.3) is 0 Å². The monoisotopic (exact) mass is 465 g/mol. The van der Waals surface area contributed by atoms with Crippen LogP contribution in [0.3, 0.4) is 0 Å². The van der Waals surface area contributed by atoms with Gasteiger partial charge in [0, 0.05) is 12.7 Å². The summed E-state index contributed by atoms with van der Waals surface area (Å²) < 4.78 is 0. The number of allylic oxidation sites excluding steroid dienone is 1. The minimum atomic E-state index is -0.941. The normalized spacial score (nSPS) is 13.4. The molecular weight excluding hydrogens is 424 g/mol. The second-order valence-electron chi connectivity index (χ2n) is 8.90. The summed E-state index contributed by atoms with van der Waals surface area (Å²) in [6, 6.07) is 14.0. The third-order valence-corrected chi connectivity index (χ3v) is 6.02. The molecule has 0 aliphatic rings. The molecular formula is C29H41N2O3-. The fraction of sp³-hybridized carbons (Fsp3) is 0.483. The maximum absolute atomic E-state index is 11.0. The van der Waals surface area contributed by atoms with Crippen molar-refractivity contribution in [3.63, 3.8) is 0 Å². The zero-order valence-corrected chi connectivity index (χ0v) is 20.3. The highest BCUT2D eigenvalue weighted by molar-refractivity contribution is 5.80. The molecule has 1 aromatic heterocycles. The van der Waals surface area contributed by atoms with Gasteiger partial charge in [-0.1, -0.05) is 118 Å². The van der Waals surface area contributed by atoms with Crippen molar-refractivity contribution in [3.8, 4) is 0 Å². The van der Waals surface area contributed by atoms with Crippen LogP contribution in [0.25, 0.3) is 11.4 Å². The minimum Gasteiger partial charge on any atom is -0.478 e. The van der Waals surface area contributed by atoms with Crippen molar-refractivity contribution >= 4 is 17.9 Å². The van der Waals surface area contributed by atoms with Gasteiger partial charge in [-0.05, 0) is 43.2 Å². The smallest absolute Gasteiger partial charge is 0.327 e. The highest BCUT2D eigenvalue weighted by Crippen LogP contribution is 2.26. The van der Waals surface area contributed by atoms with Crippen LogP contribution < -0.4 is 0 Å². The molecule has 186 valence electrons. The Hall–Kier alpha value is -2.79. The molecule has 5 nitrogen and oxygen atoms in total. The van der Waals surface area contributed by atoms with E-state index in [0.29, 0.717) is 12.5 Å². The van der Waals surface area contributed by atoms with Crippen LogP contribution in [0.4, 0.5) is 5.82 Å². The van der Waals surface area contributed by atoms with Gasteiger partial charge in [-0.2, -0.15) is 0 Å². The van der Waals surface area contributed by atoms with Gasteiger partial charge in [-0.3, -0.25) is 0 Å². The molecule has 0 saturated carbocycles. The second-order valence-corrected chi connectivity index (χ2v) is 8.90. The first-order valence-electron chi connectivity index (χ1n) is 12.8. The van der Waals surface area contributed by atoms with Crippen LogP contribution in [0.15, 0.2) is 66.9 Å². The van der Waals surface area contributed by atoms with E-state index < -0.39 is 5.97 Å². The van der Waals surface area contributed by atoms with Gasteiger partial charge in [0.05, 0.1) is 0 Å². The van der Waals surface area contributed by atoms with Crippen molar-refractivity contribution in [2.45, 2.75) is 76.7 Å². The van der Waals surface area contributed by atoms with Crippen molar-refractivity contribution in [1.29, 1.82) is 0 Å². The number of aromatic amines is 1. The highest BCUT2D eigenvalue weighted by atomic mass is 16.4. The number of aliphatic carboxylic acids is 1. The lowest BCUT2D eigenvalue weighted by atomic mass is 9.92. The topological polar surface area (TPSA) is 87.4 Å². The van der Waals surface area contributed by atoms with Gasteiger partial charge in [0.1, 0.15) is 0 Å². The van der Waals surface area contributed by atoms with Crippen LogP contribution in [0.1, 0.15) is 76.2 Å². The Labute approximate surface area is 205 Å². The minimum absolute atomic E-state index is 0.165. The molecule has 0 bridgehead atoms.